The van der Waals surface area contributed by atoms with Gasteiger partial charge >= 0.3 is 0 Å². The van der Waals surface area contributed by atoms with E-state index in [4.69, 9.17) is 9.47 Å². The van der Waals surface area contributed by atoms with Crippen molar-refractivity contribution in [2.75, 3.05) is 6.54 Å². The number of fused-ring (bicyclic) bond motifs is 1. The van der Waals surface area contributed by atoms with Gasteiger partial charge in [0.15, 0.2) is 5.79 Å². The second-order valence-corrected chi connectivity index (χ2v) is 7.19. The molecule has 130 valence electrons. The summed E-state index contributed by atoms with van der Waals surface area (Å²) in [6.07, 6.45) is 0.705. The van der Waals surface area contributed by atoms with Gasteiger partial charge in [0.1, 0.15) is 18.5 Å². The minimum atomic E-state index is -0.627. The second kappa shape index (κ2) is 6.37. The Balaban J connectivity index is 1.72. The molecule has 2 aliphatic heterocycles. The molecule has 2 saturated heterocycles. The minimum absolute atomic E-state index is 0.00138. The molecule has 0 saturated carbocycles. The first-order chi connectivity index (χ1) is 12.1. The summed E-state index contributed by atoms with van der Waals surface area (Å²) in [5.41, 5.74) is 2.33. The van der Waals surface area contributed by atoms with E-state index in [2.05, 4.69) is 29.2 Å². The summed E-state index contributed by atoms with van der Waals surface area (Å²) in [4.78, 5) is 14.2. The van der Waals surface area contributed by atoms with Crippen molar-refractivity contribution in [3.05, 3.63) is 71.8 Å². The van der Waals surface area contributed by atoms with Crippen molar-refractivity contribution < 1.29 is 14.3 Å². The summed E-state index contributed by atoms with van der Waals surface area (Å²) in [6, 6.07) is 20.3. The molecule has 2 fully saturated rings. The van der Waals surface area contributed by atoms with Gasteiger partial charge in [-0.1, -0.05) is 60.7 Å². The molecule has 2 aromatic carbocycles. The molecule has 0 radical (unpaired) electrons. The van der Waals surface area contributed by atoms with Gasteiger partial charge in [-0.3, -0.25) is 4.90 Å². The van der Waals surface area contributed by atoms with Crippen LogP contribution in [0.5, 0.6) is 0 Å². The molecule has 4 rings (SSSR count). The van der Waals surface area contributed by atoms with Crippen LogP contribution in [0.4, 0.5) is 0 Å². The topological polar surface area (TPSA) is 38.8 Å². The van der Waals surface area contributed by atoms with Crippen LogP contribution in [0.2, 0.25) is 0 Å². The molecule has 25 heavy (non-hydrogen) atoms. The lowest BCUT2D eigenvalue weighted by molar-refractivity contribution is -0.163. The first kappa shape index (κ1) is 16.5. The Morgan fingerprint density at radius 3 is 2.08 bits per heavy atom. The highest BCUT2D eigenvalue weighted by molar-refractivity contribution is 5.61. The normalized spacial score (nSPS) is 28.2. The minimum Gasteiger partial charge on any atom is -0.343 e. The Morgan fingerprint density at radius 1 is 1.00 bits per heavy atom. The summed E-state index contributed by atoms with van der Waals surface area (Å²) in [5, 5.41) is 0. The number of likely N-dealkylation sites (tertiary alicyclic amines) is 1. The lowest BCUT2D eigenvalue weighted by atomic mass is 9.96. The molecule has 0 amide bonds. The Bertz CT molecular complexity index is 692. The number of rotatable bonds is 4. The molecular weight excluding hydrogens is 314 g/mol. The van der Waals surface area contributed by atoms with Crippen molar-refractivity contribution in [3.63, 3.8) is 0 Å². The maximum atomic E-state index is 12.0. The molecule has 4 heteroatoms. The maximum absolute atomic E-state index is 12.0. The van der Waals surface area contributed by atoms with Gasteiger partial charge in [-0.05, 0) is 25.0 Å². The molecule has 0 unspecified atom stereocenters. The van der Waals surface area contributed by atoms with Gasteiger partial charge in [-0.25, -0.2) is 0 Å². The monoisotopic (exact) mass is 337 g/mol. The number of hydrogen-bond acceptors (Lipinski definition) is 4. The van der Waals surface area contributed by atoms with Crippen LogP contribution < -0.4 is 0 Å². The van der Waals surface area contributed by atoms with E-state index in [1.165, 1.54) is 11.1 Å². The molecule has 0 aliphatic carbocycles. The van der Waals surface area contributed by atoms with Gasteiger partial charge in [-0.15, -0.1) is 0 Å². The molecule has 2 aromatic rings. The van der Waals surface area contributed by atoms with Gasteiger partial charge in [0.25, 0.3) is 0 Å². The van der Waals surface area contributed by atoms with Crippen LogP contribution in [0.3, 0.4) is 0 Å². The Morgan fingerprint density at radius 2 is 1.56 bits per heavy atom. The van der Waals surface area contributed by atoms with Crippen LogP contribution in [-0.2, 0) is 14.3 Å². The van der Waals surface area contributed by atoms with Gasteiger partial charge in [0.2, 0.25) is 0 Å². The van der Waals surface area contributed by atoms with E-state index in [9.17, 15) is 4.79 Å². The van der Waals surface area contributed by atoms with Crippen molar-refractivity contribution in [2.45, 2.75) is 43.9 Å². The van der Waals surface area contributed by atoms with E-state index in [-0.39, 0.29) is 24.3 Å². The van der Waals surface area contributed by atoms with Gasteiger partial charge < -0.3 is 14.3 Å². The quantitative estimate of drug-likeness (QED) is 0.803. The second-order valence-electron chi connectivity index (χ2n) is 7.19. The van der Waals surface area contributed by atoms with E-state index in [0.29, 0.717) is 6.54 Å². The average molecular weight is 337 g/mol. The molecule has 0 N–H and O–H groups in total. The highest BCUT2D eigenvalue weighted by Crippen LogP contribution is 2.41. The van der Waals surface area contributed by atoms with Crippen molar-refractivity contribution >= 4 is 6.29 Å². The Kier molecular flexibility index (Phi) is 4.20. The fourth-order valence-electron chi connectivity index (χ4n) is 4.09. The zero-order valence-electron chi connectivity index (χ0n) is 14.5. The zero-order chi connectivity index (χ0) is 17.4. The van der Waals surface area contributed by atoms with E-state index in [1.807, 2.05) is 50.2 Å². The van der Waals surface area contributed by atoms with Crippen molar-refractivity contribution in [2.24, 2.45) is 0 Å². The lowest BCUT2D eigenvalue weighted by Gasteiger charge is -2.34. The van der Waals surface area contributed by atoms with Gasteiger partial charge in [0, 0.05) is 6.54 Å². The number of carbonyl (C=O) groups is 1. The fourth-order valence-corrected chi connectivity index (χ4v) is 4.09. The highest BCUT2D eigenvalue weighted by Gasteiger charge is 2.54. The predicted molar refractivity (Wildman–Crippen MR) is 95.1 cm³/mol. The van der Waals surface area contributed by atoms with Crippen LogP contribution in [0, 0.1) is 0 Å². The van der Waals surface area contributed by atoms with Crippen LogP contribution in [0.15, 0.2) is 60.7 Å². The SMILES string of the molecule is CC1(C)O[C@H]2[C@@H](C=O)N(C(c3ccccc3)c3ccccc3)C[C@H]2O1. The standard InChI is InChI=1S/C21H23NO3/c1-21(2)24-18-13-22(17(14-23)20(18)25-21)19(15-9-5-3-6-10-15)16-11-7-4-8-12-16/h3-12,14,17-20H,13H2,1-2H3/t17-,18-,20+/m1/s1. The van der Waals surface area contributed by atoms with Gasteiger partial charge in [-0.2, -0.15) is 0 Å². The third kappa shape index (κ3) is 3.01. The number of hydrogen-bond donors (Lipinski definition) is 0. The Labute approximate surface area is 148 Å². The van der Waals surface area contributed by atoms with Crippen LogP contribution in [0.25, 0.3) is 0 Å². The van der Waals surface area contributed by atoms with Crippen LogP contribution in [-0.4, -0.2) is 41.8 Å². The molecule has 0 aromatic heterocycles. The summed E-state index contributed by atoms with van der Waals surface area (Å²) < 4.78 is 12.1. The summed E-state index contributed by atoms with van der Waals surface area (Å²) in [7, 11) is 0. The van der Waals surface area contributed by atoms with Gasteiger partial charge in [0.05, 0.1) is 12.1 Å². The summed E-state index contributed by atoms with van der Waals surface area (Å²) in [5.74, 6) is -0.627. The third-order valence-corrected chi connectivity index (χ3v) is 5.03. The number of ether oxygens (including phenoxy) is 2. The lowest BCUT2D eigenvalue weighted by Crippen LogP contribution is -2.42. The molecule has 0 bridgehead atoms. The zero-order valence-corrected chi connectivity index (χ0v) is 14.5. The van der Waals surface area contributed by atoms with E-state index in [0.717, 1.165) is 6.29 Å². The molecule has 2 aliphatic rings. The molecule has 2 heterocycles. The van der Waals surface area contributed by atoms with E-state index in [1.54, 1.807) is 0 Å². The fraction of sp³-hybridized carbons (Fsp3) is 0.381. The summed E-state index contributed by atoms with van der Waals surface area (Å²) >= 11 is 0. The largest absolute Gasteiger partial charge is 0.343 e. The molecule has 3 atom stereocenters. The molecular formula is C21H23NO3. The Hall–Kier alpha value is -2.01. The average Bonchev–Trinajstić information content (AvgIpc) is 3.08. The number of benzene rings is 2. The van der Waals surface area contributed by atoms with Crippen LogP contribution in [0.1, 0.15) is 31.0 Å². The number of aldehydes is 1. The first-order valence-corrected chi connectivity index (χ1v) is 8.75. The van der Waals surface area contributed by atoms with E-state index >= 15 is 0 Å². The predicted octanol–water partition coefficient (Wildman–Crippen LogP) is 3.18. The van der Waals surface area contributed by atoms with Crippen LogP contribution >= 0.6 is 0 Å². The van der Waals surface area contributed by atoms with Crippen molar-refractivity contribution in [1.82, 2.24) is 4.90 Å². The number of carbonyl (C=O) groups excluding carboxylic acids is 1. The summed E-state index contributed by atoms with van der Waals surface area (Å²) in [6.45, 7) is 4.48. The smallest absolute Gasteiger partial charge is 0.163 e. The first-order valence-electron chi connectivity index (χ1n) is 8.75. The van der Waals surface area contributed by atoms with E-state index < -0.39 is 5.79 Å². The molecule has 4 nitrogen and oxygen atoms in total. The maximum Gasteiger partial charge on any atom is 0.163 e. The van der Waals surface area contributed by atoms with Crippen molar-refractivity contribution in [3.8, 4) is 0 Å². The highest BCUT2D eigenvalue weighted by atomic mass is 16.8. The molecule has 0 spiro atoms. The van der Waals surface area contributed by atoms with Crippen molar-refractivity contribution in [1.29, 1.82) is 0 Å². The third-order valence-electron chi connectivity index (χ3n) is 5.03. The number of nitrogens with zero attached hydrogens (tertiary/aromatic N) is 1.